The molecule has 0 radical (unpaired) electrons. The van der Waals surface area contributed by atoms with Gasteiger partial charge in [0.25, 0.3) is 0 Å². The van der Waals surface area contributed by atoms with Gasteiger partial charge in [-0.2, -0.15) is 0 Å². The van der Waals surface area contributed by atoms with E-state index in [1.165, 1.54) is 24.0 Å². The summed E-state index contributed by atoms with van der Waals surface area (Å²) in [6.07, 6.45) is 2.45. The maximum absolute atomic E-state index is 5.73. The average molecular weight is 274 g/mol. The molecule has 1 fully saturated rings. The zero-order chi connectivity index (χ0) is 13.2. The van der Waals surface area contributed by atoms with E-state index in [-0.39, 0.29) is 0 Å². The van der Waals surface area contributed by atoms with E-state index >= 15 is 0 Å². The van der Waals surface area contributed by atoms with Crippen LogP contribution >= 0.6 is 11.8 Å². The Hall–Kier alpha value is -1.33. The number of aromatic nitrogens is 3. The van der Waals surface area contributed by atoms with Crippen LogP contribution in [0, 0.1) is 6.92 Å². The van der Waals surface area contributed by atoms with Crippen LogP contribution in [0.5, 0.6) is 0 Å². The van der Waals surface area contributed by atoms with Gasteiger partial charge in [0.2, 0.25) is 0 Å². The molecule has 0 atom stereocenters. The lowest BCUT2D eigenvalue weighted by Crippen LogP contribution is -2.08. The molecule has 1 aromatic carbocycles. The van der Waals surface area contributed by atoms with E-state index in [0.717, 1.165) is 16.7 Å². The van der Waals surface area contributed by atoms with Crippen molar-refractivity contribution in [2.45, 2.75) is 43.3 Å². The van der Waals surface area contributed by atoms with E-state index in [1.807, 2.05) is 0 Å². The summed E-state index contributed by atoms with van der Waals surface area (Å²) >= 11 is 1.75. The number of hydrogen-bond donors (Lipinski definition) is 1. The van der Waals surface area contributed by atoms with E-state index in [9.17, 15) is 0 Å². The Kier molecular flexibility index (Phi) is 3.57. The number of nitrogens with two attached hydrogens (primary N) is 1. The van der Waals surface area contributed by atoms with Crippen LogP contribution in [0.2, 0.25) is 0 Å². The summed E-state index contributed by atoms with van der Waals surface area (Å²) in [5.41, 5.74) is 8.41. The van der Waals surface area contributed by atoms with Gasteiger partial charge in [-0.05, 0) is 30.9 Å². The predicted octanol–water partition coefficient (Wildman–Crippen LogP) is 2.67. The predicted molar refractivity (Wildman–Crippen MR) is 76.9 cm³/mol. The molecule has 0 unspecified atom stereocenters. The molecule has 0 spiro atoms. The fourth-order valence-corrected chi connectivity index (χ4v) is 3.26. The lowest BCUT2D eigenvalue weighted by molar-refractivity contribution is 0.626. The van der Waals surface area contributed by atoms with Crippen LogP contribution in [0.25, 0.3) is 0 Å². The minimum absolute atomic E-state index is 0.467. The van der Waals surface area contributed by atoms with Crippen molar-refractivity contribution >= 4 is 11.8 Å². The third-order valence-corrected chi connectivity index (χ3v) is 4.44. The summed E-state index contributed by atoms with van der Waals surface area (Å²) in [6.45, 7) is 2.61. The molecule has 0 aliphatic heterocycles. The number of thioether (sulfide) groups is 1. The third-order valence-electron chi connectivity index (χ3n) is 3.45. The largest absolute Gasteiger partial charge is 0.324 e. The SMILES string of the molecule is Cc1ccccc1CSc1nnc(CN)n1C1CC1. The molecule has 1 aliphatic rings. The van der Waals surface area contributed by atoms with E-state index in [0.29, 0.717) is 12.6 Å². The van der Waals surface area contributed by atoms with Crippen molar-refractivity contribution < 1.29 is 0 Å². The quantitative estimate of drug-likeness (QED) is 0.852. The zero-order valence-corrected chi connectivity index (χ0v) is 11.9. The molecule has 0 saturated heterocycles. The summed E-state index contributed by atoms with van der Waals surface area (Å²) in [7, 11) is 0. The van der Waals surface area contributed by atoms with Crippen molar-refractivity contribution in [1.29, 1.82) is 0 Å². The van der Waals surface area contributed by atoms with Crippen LogP contribution in [-0.2, 0) is 12.3 Å². The van der Waals surface area contributed by atoms with E-state index < -0.39 is 0 Å². The number of hydrogen-bond acceptors (Lipinski definition) is 4. The van der Waals surface area contributed by atoms with Gasteiger partial charge in [-0.25, -0.2) is 0 Å². The van der Waals surface area contributed by atoms with Crippen molar-refractivity contribution in [3.05, 3.63) is 41.2 Å². The second-order valence-electron chi connectivity index (χ2n) is 4.92. The second kappa shape index (κ2) is 5.35. The first-order valence-electron chi connectivity index (χ1n) is 6.60. The van der Waals surface area contributed by atoms with Gasteiger partial charge in [0.05, 0.1) is 6.54 Å². The van der Waals surface area contributed by atoms with Gasteiger partial charge in [-0.3, -0.25) is 0 Å². The molecule has 1 saturated carbocycles. The maximum Gasteiger partial charge on any atom is 0.191 e. The van der Waals surface area contributed by atoms with Crippen molar-refractivity contribution in [3.63, 3.8) is 0 Å². The lowest BCUT2D eigenvalue weighted by Gasteiger charge is -2.08. The van der Waals surface area contributed by atoms with Crippen molar-refractivity contribution in [2.24, 2.45) is 5.73 Å². The van der Waals surface area contributed by atoms with Gasteiger partial charge in [0.15, 0.2) is 5.16 Å². The summed E-state index contributed by atoms with van der Waals surface area (Å²) in [5, 5.41) is 9.49. The first-order valence-corrected chi connectivity index (χ1v) is 7.59. The van der Waals surface area contributed by atoms with Crippen molar-refractivity contribution in [2.75, 3.05) is 0 Å². The smallest absolute Gasteiger partial charge is 0.191 e. The lowest BCUT2D eigenvalue weighted by atomic mass is 10.1. The van der Waals surface area contributed by atoms with Crippen LogP contribution in [-0.4, -0.2) is 14.8 Å². The van der Waals surface area contributed by atoms with Gasteiger partial charge < -0.3 is 10.3 Å². The molecule has 2 aromatic rings. The van der Waals surface area contributed by atoms with Crippen LogP contribution in [0.15, 0.2) is 29.4 Å². The summed E-state index contributed by atoms with van der Waals surface area (Å²) in [5.74, 6) is 1.84. The first kappa shape index (κ1) is 12.7. The van der Waals surface area contributed by atoms with Crippen LogP contribution in [0.1, 0.15) is 35.8 Å². The summed E-state index contributed by atoms with van der Waals surface area (Å²) in [6, 6.07) is 9.05. The van der Waals surface area contributed by atoms with Crippen LogP contribution < -0.4 is 5.73 Å². The first-order chi connectivity index (χ1) is 9.29. The van der Waals surface area contributed by atoms with Gasteiger partial charge in [0, 0.05) is 11.8 Å². The Labute approximate surface area is 117 Å². The molecule has 100 valence electrons. The molecule has 4 nitrogen and oxygen atoms in total. The zero-order valence-electron chi connectivity index (χ0n) is 11.0. The third kappa shape index (κ3) is 2.67. The van der Waals surface area contributed by atoms with Crippen molar-refractivity contribution in [3.8, 4) is 0 Å². The number of benzene rings is 1. The fourth-order valence-electron chi connectivity index (χ4n) is 2.16. The van der Waals surface area contributed by atoms with E-state index in [2.05, 4.69) is 46.0 Å². The highest BCUT2D eigenvalue weighted by molar-refractivity contribution is 7.98. The summed E-state index contributed by atoms with van der Waals surface area (Å²) in [4.78, 5) is 0. The minimum Gasteiger partial charge on any atom is -0.324 e. The molecule has 5 heteroatoms. The molecular weight excluding hydrogens is 256 g/mol. The number of aryl methyl sites for hydroxylation is 1. The molecule has 0 bridgehead atoms. The van der Waals surface area contributed by atoms with Gasteiger partial charge in [0.1, 0.15) is 5.82 Å². The van der Waals surface area contributed by atoms with E-state index in [4.69, 9.17) is 5.73 Å². The Balaban J connectivity index is 1.77. The maximum atomic E-state index is 5.73. The molecular formula is C14H18N4S. The highest BCUT2D eigenvalue weighted by Gasteiger charge is 2.29. The van der Waals surface area contributed by atoms with Gasteiger partial charge in [-0.1, -0.05) is 36.0 Å². The molecule has 1 heterocycles. The van der Waals surface area contributed by atoms with Crippen LogP contribution in [0.4, 0.5) is 0 Å². The van der Waals surface area contributed by atoms with Gasteiger partial charge >= 0.3 is 0 Å². The molecule has 1 aromatic heterocycles. The van der Waals surface area contributed by atoms with Gasteiger partial charge in [-0.15, -0.1) is 10.2 Å². The summed E-state index contributed by atoms with van der Waals surface area (Å²) < 4.78 is 2.23. The number of rotatable bonds is 5. The molecule has 0 amide bonds. The van der Waals surface area contributed by atoms with Crippen LogP contribution in [0.3, 0.4) is 0 Å². The molecule has 19 heavy (non-hydrogen) atoms. The number of nitrogens with zero attached hydrogens (tertiary/aromatic N) is 3. The highest BCUT2D eigenvalue weighted by Crippen LogP contribution is 2.39. The monoisotopic (exact) mass is 274 g/mol. The normalized spacial score (nSPS) is 14.8. The minimum atomic E-state index is 0.467. The Morgan fingerprint density at radius 2 is 2.11 bits per heavy atom. The Morgan fingerprint density at radius 1 is 1.32 bits per heavy atom. The molecule has 1 aliphatic carbocycles. The molecule has 3 rings (SSSR count). The average Bonchev–Trinajstić information content (AvgIpc) is 3.18. The highest BCUT2D eigenvalue weighted by atomic mass is 32.2. The fraction of sp³-hybridized carbons (Fsp3) is 0.429. The Bertz CT molecular complexity index is 575. The van der Waals surface area contributed by atoms with E-state index in [1.54, 1.807) is 11.8 Å². The van der Waals surface area contributed by atoms with Crippen molar-refractivity contribution in [1.82, 2.24) is 14.8 Å². The standard InChI is InChI=1S/C14H18N4S/c1-10-4-2-3-5-11(10)9-19-14-17-16-13(8-15)18(14)12-6-7-12/h2-5,12H,6-9,15H2,1H3. The topological polar surface area (TPSA) is 56.7 Å². The Morgan fingerprint density at radius 3 is 2.79 bits per heavy atom. The molecule has 2 N–H and O–H groups in total. The second-order valence-corrected chi connectivity index (χ2v) is 5.86.